The van der Waals surface area contributed by atoms with Crippen molar-refractivity contribution in [1.82, 2.24) is 24.9 Å². The number of nitrogens with zero attached hydrogens (tertiary/aromatic N) is 5. The Bertz CT molecular complexity index is 635. The molecule has 2 fully saturated rings. The van der Waals surface area contributed by atoms with E-state index in [1.807, 2.05) is 11.7 Å². The van der Waals surface area contributed by atoms with Crippen molar-refractivity contribution >= 4 is 29.9 Å². The van der Waals surface area contributed by atoms with E-state index in [0.717, 1.165) is 44.4 Å². The van der Waals surface area contributed by atoms with Crippen molar-refractivity contribution in [2.24, 2.45) is 18.0 Å². The molecule has 1 aromatic rings. The molecule has 3 heterocycles. The molecule has 0 amide bonds. The van der Waals surface area contributed by atoms with Crippen molar-refractivity contribution in [2.45, 2.75) is 58.9 Å². The molecule has 2 saturated heterocycles. The number of aromatic nitrogens is 2. The lowest BCUT2D eigenvalue weighted by atomic mass is 10.1. The summed E-state index contributed by atoms with van der Waals surface area (Å²) in [6.45, 7) is 11.3. The van der Waals surface area contributed by atoms with E-state index in [1.165, 1.54) is 62.3 Å². The van der Waals surface area contributed by atoms with Crippen LogP contribution in [0.25, 0.3) is 0 Å². The molecule has 0 saturated carbocycles. The Kier molecular flexibility index (Phi) is 9.53. The van der Waals surface area contributed by atoms with Crippen LogP contribution in [0.1, 0.15) is 56.5 Å². The van der Waals surface area contributed by atoms with Crippen LogP contribution in [-0.4, -0.2) is 65.3 Å². The Labute approximate surface area is 188 Å². The van der Waals surface area contributed by atoms with Gasteiger partial charge in [-0.05, 0) is 51.1 Å². The van der Waals surface area contributed by atoms with Gasteiger partial charge in [-0.15, -0.1) is 24.0 Å². The van der Waals surface area contributed by atoms with E-state index in [4.69, 9.17) is 5.10 Å². The molecule has 28 heavy (non-hydrogen) atoms. The number of likely N-dealkylation sites (tertiary alicyclic amines) is 2. The molecule has 0 aromatic carbocycles. The molecule has 2 aliphatic rings. The standard InChI is InChI=1S/C21H38N6.HI/c1-5-19-18(20(6-2)25(4)24-19)14-23-21(22-3)27-13-10-17(16-27)15-26-11-8-7-9-12-26;/h17H,5-16H2,1-4H3,(H,22,23);1H. The van der Waals surface area contributed by atoms with E-state index in [2.05, 4.69) is 41.0 Å². The van der Waals surface area contributed by atoms with Crippen LogP contribution in [0, 0.1) is 5.92 Å². The van der Waals surface area contributed by atoms with Gasteiger partial charge in [0, 0.05) is 51.5 Å². The number of hydrogen-bond acceptors (Lipinski definition) is 3. The average Bonchev–Trinajstić information content (AvgIpc) is 3.27. The summed E-state index contributed by atoms with van der Waals surface area (Å²) in [5, 5.41) is 8.32. The number of aliphatic imine (C=N–C) groups is 1. The monoisotopic (exact) mass is 502 g/mol. The highest BCUT2D eigenvalue weighted by atomic mass is 127. The van der Waals surface area contributed by atoms with Gasteiger partial charge in [-0.25, -0.2) is 0 Å². The maximum absolute atomic E-state index is 4.70. The molecule has 7 heteroatoms. The van der Waals surface area contributed by atoms with E-state index >= 15 is 0 Å². The van der Waals surface area contributed by atoms with E-state index in [-0.39, 0.29) is 24.0 Å². The van der Waals surface area contributed by atoms with Crippen molar-refractivity contribution in [3.63, 3.8) is 0 Å². The fourth-order valence-electron chi connectivity index (χ4n) is 4.77. The van der Waals surface area contributed by atoms with Crippen LogP contribution in [0.3, 0.4) is 0 Å². The van der Waals surface area contributed by atoms with Gasteiger partial charge >= 0.3 is 0 Å². The lowest BCUT2D eigenvalue weighted by molar-refractivity contribution is 0.198. The molecule has 0 radical (unpaired) electrons. The second kappa shape index (κ2) is 11.4. The summed E-state index contributed by atoms with van der Waals surface area (Å²) in [7, 11) is 3.97. The van der Waals surface area contributed by atoms with Crippen LogP contribution >= 0.6 is 24.0 Å². The SMILES string of the molecule is CCc1nn(C)c(CC)c1CNC(=NC)N1CCC(CN2CCCCC2)C1.I. The number of rotatable bonds is 6. The topological polar surface area (TPSA) is 48.7 Å². The third-order valence-electron chi connectivity index (χ3n) is 6.21. The minimum atomic E-state index is 0. The highest BCUT2D eigenvalue weighted by Gasteiger charge is 2.27. The first-order chi connectivity index (χ1) is 13.2. The maximum Gasteiger partial charge on any atom is 0.193 e. The molecular weight excluding hydrogens is 463 g/mol. The van der Waals surface area contributed by atoms with Gasteiger partial charge in [0.25, 0.3) is 0 Å². The van der Waals surface area contributed by atoms with Crippen molar-refractivity contribution in [2.75, 3.05) is 39.8 Å². The van der Waals surface area contributed by atoms with Crippen molar-refractivity contribution < 1.29 is 0 Å². The summed E-state index contributed by atoms with van der Waals surface area (Å²) in [5.41, 5.74) is 3.90. The van der Waals surface area contributed by atoms with Gasteiger partial charge in [0.15, 0.2) is 5.96 Å². The van der Waals surface area contributed by atoms with Gasteiger partial charge in [-0.3, -0.25) is 9.67 Å². The lowest BCUT2D eigenvalue weighted by Crippen LogP contribution is -2.41. The molecule has 0 bridgehead atoms. The van der Waals surface area contributed by atoms with Gasteiger partial charge in [0.2, 0.25) is 0 Å². The molecule has 1 atom stereocenters. The van der Waals surface area contributed by atoms with Gasteiger partial charge in [-0.2, -0.15) is 5.10 Å². The molecule has 6 nitrogen and oxygen atoms in total. The van der Waals surface area contributed by atoms with E-state index in [0.29, 0.717) is 0 Å². The van der Waals surface area contributed by atoms with Crippen LogP contribution in [0.4, 0.5) is 0 Å². The third kappa shape index (κ3) is 5.62. The second-order valence-corrected chi connectivity index (χ2v) is 8.07. The van der Waals surface area contributed by atoms with E-state index < -0.39 is 0 Å². The van der Waals surface area contributed by atoms with Crippen molar-refractivity contribution in [3.8, 4) is 0 Å². The zero-order valence-corrected chi connectivity index (χ0v) is 20.5. The smallest absolute Gasteiger partial charge is 0.193 e. The number of aryl methyl sites for hydroxylation is 2. The summed E-state index contributed by atoms with van der Waals surface area (Å²) >= 11 is 0. The normalized spacial score (nSPS) is 21.1. The van der Waals surface area contributed by atoms with Crippen LogP contribution in [0.15, 0.2) is 4.99 Å². The quantitative estimate of drug-likeness (QED) is 0.369. The van der Waals surface area contributed by atoms with Gasteiger partial charge < -0.3 is 15.1 Å². The summed E-state index contributed by atoms with van der Waals surface area (Å²) < 4.78 is 2.04. The Morgan fingerprint density at radius 2 is 1.89 bits per heavy atom. The molecule has 2 aliphatic heterocycles. The largest absolute Gasteiger partial charge is 0.352 e. The lowest BCUT2D eigenvalue weighted by Gasteiger charge is -2.29. The van der Waals surface area contributed by atoms with Crippen LogP contribution < -0.4 is 5.32 Å². The highest BCUT2D eigenvalue weighted by molar-refractivity contribution is 14.0. The van der Waals surface area contributed by atoms with E-state index in [9.17, 15) is 0 Å². The van der Waals surface area contributed by atoms with Crippen LogP contribution in [0.2, 0.25) is 0 Å². The second-order valence-electron chi connectivity index (χ2n) is 8.07. The summed E-state index contributed by atoms with van der Waals surface area (Å²) in [5.74, 6) is 1.82. The van der Waals surface area contributed by atoms with Crippen LogP contribution in [0.5, 0.6) is 0 Å². The zero-order chi connectivity index (χ0) is 19.2. The van der Waals surface area contributed by atoms with Crippen molar-refractivity contribution in [3.05, 3.63) is 17.0 Å². The molecule has 1 N–H and O–H groups in total. The summed E-state index contributed by atoms with van der Waals surface area (Å²) in [6.07, 6.45) is 7.45. The predicted octanol–water partition coefficient (Wildman–Crippen LogP) is 3.05. The molecule has 0 spiro atoms. The molecular formula is C21H39IN6. The third-order valence-corrected chi connectivity index (χ3v) is 6.21. The fraction of sp³-hybridized carbons (Fsp3) is 0.810. The first-order valence-corrected chi connectivity index (χ1v) is 10.9. The number of halogens is 1. The van der Waals surface area contributed by atoms with Gasteiger partial charge in [-0.1, -0.05) is 20.3 Å². The molecule has 1 aromatic heterocycles. The van der Waals surface area contributed by atoms with Crippen LogP contribution in [-0.2, 0) is 26.4 Å². The number of hydrogen-bond donors (Lipinski definition) is 1. The number of nitrogens with one attached hydrogen (secondary N) is 1. The van der Waals surface area contributed by atoms with E-state index in [1.54, 1.807) is 0 Å². The molecule has 3 rings (SSSR count). The average molecular weight is 502 g/mol. The maximum atomic E-state index is 4.70. The van der Waals surface area contributed by atoms with Crippen molar-refractivity contribution in [1.29, 1.82) is 0 Å². The highest BCUT2D eigenvalue weighted by Crippen LogP contribution is 2.20. The Morgan fingerprint density at radius 3 is 2.54 bits per heavy atom. The zero-order valence-electron chi connectivity index (χ0n) is 18.2. The number of piperidine rings is 1. The number of guanidine groups is 1. The summed E-state index contributed by atoms with van der Waals surface area (Å²) in [6, 6.07) is 0. The molecule has 1 unspecified atom stereocenters. The van der Waals surface area contributed by atoms with Gasteiger partial charge in [0.1, 0.15) is 0 Å². The predicted molar refractivity (Wildman–Crippen MR) is 128 cm³/mol. The Morgan fingerprint density at radius 1 is 1.14 bits per heavy atom. The Balaban J connectivity index is 0.00000280. The first kappa shape index (κ1) is 23.4. The first-order valence-electron chi connectivity index (χ1n) is 10.9. The molecule has 160 valence electrons. The fourth-order valence-corrected chi connectivity index (χ4v) is 4.77. The summed E-state index contributed by atoms with van der Waals surface area (Å²) in [4.78, 5) is 9.69. The molecule has 0 aliphatic carbocycles. The Hall–Kier alpha value is -0.830. The van der Waals surface area contributed by atoms with Gasteiger partial charge in [0.05, 0.1) is 5.69 Å². The minimum Gasteiger partial charge on any atom is -0.352 e. The minimum absolute atomic E-state index is 0.